The molecule has 0 aromatic heterocycles. The number of carbonyl (C=O) groups excluding carboxylic acids is 3. The normalized spacial score (nSPS) is 21.6. The number of halogens is 1. The van der Waals surface area contributed by atoms with Gasteiger partial charge in [-0.05, 0) is 49.4 Å². The van der Waals surface area contributed by atoms with Crippen LogP contribution in [0.3, 0.4) is 0 Å². The van der Waals surface area contributed by atoms with E-state index < -0.39 is 17.9 Å². The van der Waals surface area contributed by atoms with Crippen LogP contribution in [0.1, 0.15) is 37.3 Å². The number of ether oxygens (including phenoxy) is 1. The van der Waals surface area contributed by atoms with Gasteiger partial charge in [0.1, 0.15) is 12.4 Å². The third-order valence-corrected chi connectivity index (χ3v) is 6.33. The Bertz CT molecular complexity index is 1060. The van der Waals surface area contributed by atoms with Crippen LogP contribution in [0.15, 0.2) is 66.7 Å². The third kappa shape index (κ3) is 9.13. The van der Waals surface area contributed by atoms with Crippen LogP contribution in [0.5, 0.6) is 0 Å². The zero-order chi connectivity index (χ0) is 26.6. The average molecular weight is 511 g/mol. The maximum absolute atomic E-state index is 13.3. The van der Waals surface area contributed by atoms with Gasteiger partial charge in [0.2, 0.25) is 11.8 Å². The van der Waals surface area contributed by atoms with Gasteiger partial charge in [0.05, 0.1) is 24.5 Å². The van der Waals surface area contributed by atoms with E-state index in [1.54, 1.807) is 24.0 Å². The second-order valence-electron chi connectivity index (χ2n) is 9.44. The van der Waals surface area contributed by atoms with E-state index in [0.29, 0.717) is 25.8 Å². The molecule has 2 aromatic carbocycles. The molecular weight excluding hydrogens is 475 g/mol. The van der Waals surface area contributed by atoms with Crippen molar-refractivity contribution >= 4 is 17.8 Å². The summed E-state index contributed by atoms with van der Waals surface area (Å²) in [5.74, 6) is -2.26. The first-order chi connectivity index (χ1) is 17.9. The third-order valence-electron chi connectivity index (χ3n) is 6.33. The molecule has 8 heteroatoms. The highest BCUT2D eigenvalue weighted by molar-refractivity contribution is 5.86. The van der Waals surface area contributed by atoms with Gasteiger partial charge in [-0.2, -0.15) is 0 Å². The highest BCUT2D eigenvalue weighted by atomic mass is 19.1. The molecule has 0 unspecified atom stereocenters. The van der Waals surface area contributed by atoms with E-state index >= 15 is 0 Å². The molecule has 2 N–H and O–H groups in total. The summed E-state index contributed by atoms with van der Waals surface area (Å²) in [5.41, 5.74) is 1.77. The van der Waals surface area contributed by atoms with Crippen LogP contribution >= 0.6 is 0 Å². The van der Waals surface area contributed by atoms with E-state index in [-0.39, 0.29) is 49.8 Å². The van der Waals surface area contributed by atoms with Crippen molar-refractivity contribution in [1.29, 1.82) is 0 Å². The summed E-state index contributed by atoms with van der Waals surface area (Å²) in [4.78, 5) is 40.4. The van der Waals surface area contributed by atoms with Gasteiger partial charge in [0, 0.05) is 19.5 Å². The molecule has 0 bridgehead atoms. The Kier molecular flexibility index (Phi) is 10.8. The van der Waals surface area contributed by atoms with Gasteiger partial charge in [0.15, 0.2) is 0 Å². The minimum Gasteiger partial charge on any atom is -0.463 e. The van der Waals surface area contributed by atoms with Crippen molar-refractivity contribution in [2.24, 2.45) is 11.8 Å². The van der Waals surface area contributed by atoms with E-state index in [2.05, 4.69) is 5.32 Å². The number of hydrogen-bond donors (Lipinski definition) is 2. The van der Waals surface area contributed by atoms with E-state index in [4.69, 9.17) is 4.74 Å². The topological polar surface area (TPSA) is 95.9 Å². The van der Waals surface area contributed by atoms with E-state index in [1.165, 1.54) is 12.1 Å². The zero-order valence-corrected chi connectivity index (χ0v) is 21.1. The molecule has 2 amide bonds. The number of nitrogens with one attached hydrogen (secondary N) is 1. The average Bonchev–Trinajstić information content (AvgIpc) is 2.89. The van der Waals surface area contributed by atoms with Gasteiger partial charge in [-0.1, -0.05) is 54.6 Å². The molecule has 0 radical (unpaired) electrons. The largest absolute Gasteiger partial charge is 0.463 e. The number of rotatable bonds is 8. The van der Waals surface area contributed by atoms with Crippen molar-refractivity contribution in [3.8, 4) is 0 Å². The minimum absolute atomic E-state index is 0.00543. The highest BCUT2D eigenvalue weighted by Crippen LogP contribution is 2.19. The maximum atomic E-state index is 13.3. The van der Waals surface area contributed by atoms with Gasteiger partial charge in [0.25, 0.3) is 0 Å². The fourth-order valence-electron chi connectivity index (χ4n) is 4.26. The Morgan fingerprint density at radius 1 is 1.03 bits per heavy atom. The van der Waals surface area contributed by atoms with Crippen LogP contribution in [0.4, 0.5) is 4.39 Å². The Hall–Kier alpha value is -3.52. The Balaban J connectivity index is 1.70. The van der Waals surface area contributed by atoms with E-state index in [1.807, 2.05) is 42.5 Å². The fourth-order valence-corrected chi connectivity index (χ4v) is 4.26. The van der Waals surface area contributed by atoms with E-state index in [0.717, 1.165) is 11.1 Å². The van der Waals surface area contributed by atoms with Gasteiger partial charge >= 0.3 is 5.97 Å². The summed E-state index contributed by atoms with van der Waals surface area (Å²) in [6, 6.07) is 15.1. The van der Waals surface area contributed by atoms with Gasteiger partial charge in [-0.15, -0.1) is 0 Å². The monoisotopic (exact) mass is 510 g/mol. The number of cyclic esters (lactones) is 1. The SMILES string of the molecule is C[C@@H]1COC(=O)[C@@H](Cc2ccc(F)cc2)C/C=C\C[C@@H](CC(=O)N(CCO)Cc2ccccc2)C(=O)N1. The number of amides is 2. The Morgan fingerprint density at radius 3 is 2.38 bits per heavy atom. The lowest BCUT2D eigenvalue weighted by atomic mass is 9.94. The molecule has 37 heavy (non-hydrogen) atoms. The molecule has 1 aliphatic rings. The van der Waals surface area contributed by atoms with Crippen LogP contribution in [-0.4, -0.2) is 53.6 Å². The van der Waals surface area contributed by atoms with Crippen LogP contribution in [0.2, 0.25) is 0 Å². The van der Waals surface area contributed by atoms with Crippen molar-refractivity contribution in [1.82, 2.24) is 10.2 Å². The maximum Gasteiger partial charge on any atom is 0.309 e. The van der Waals surface area contributed by atoms with Gasteiger partial charge < -0.3 is 20.1 Å². The molecule has 1 heterocycles. The number of carbonyl (C=O) groups is 3. The molecule has 0 aliphatic carbocycles. The van der Waals surface area contributed by atoms with Crippen molar-refractivity contribution in [2.75, 3.05) is 19.8 Å². The Labute approximate surface area is 217 Å². The first-order valence-corrected chi connectivity index (χ1v) is 12.6. The van der Waals surface area contributed by atoms with Crippen LogP contribution in [0.25, 0.3) is 0 Å². The summed E-state index contributed by atoms with van der Waals surface area (Å²) >= 11 is 0. The Morgan fingerprint density at radius 2 is 1.70 bits per heavy atom. The summed E-state index contributed by atoms with van der Waals surface area (Å²) in [6.07, 6.45) is 4.79. The van der Waals surface area contributed by atoms with Crippen LogP contribution in [-0.2, 0) is 32.1 Å². The van der Waals surface area contributed by atoms with Gasteiger partial charge in [-0.3, -0.25) is 14.4 Å². The lowest BCUT2D eigenvalue weighted by molar-refractivity contribution is -0.149. The molecule has 0 saturated heterocycles. The molecule has 3 atom stereocenters. The second-order valence-corrected chi connectivity index (χ2v) is 9.44. The lowest BCUT2D eigenvalue weighted by Crippen LogP contribution is -2.43. The summed E-state index contributed by atoms with van der Waals surface area (Å²) < 4.78 is 18.7. The van der Waals surface area contributed by atoms with Crippen molar-refractivity contribution < 1.29 is 28.6 Å². The van der Waals surface area contributed by atoms with Crippen molar-refractivity contribution in [3.63, 3.8) is 0 Å². The molecule has 0 fully saturated rings. The molecular formula is C29H35FN2O5. The lowest BCUT2D eigenvalue weighted by Gasteiger charge is -2.25. The molecule has 1 aliphatic heterocycles. The number of allylic oxidation sites excluding steroid dienone is 2. The quantitative estimate of drug-likeness (QED) is 0.419. The van der Waals surface area contributed by atoms with Crippen molar-refractivity contribution in [3.05, 3.63) is 83.7 Å². The summed E-state index contributed by atoms with van der Waals surface area (Å²) in [5, 5.41) is 12.3. The smallest absolute Gasteiger partial charge is 0.309 e. The second kappa shape index (κ2) is 14.3. The van der Waals surface area contributed by atoms with Crippen molar-refractivity contribution in [2.45, 2.75) is 45.2 Å². The molecule has 0 spiro atoms. The number of hydrogen-bond acceptors (Lipinski definition) is 5. The minimum atomic E-state index is -0.603. The molecule has 7 nitrogen and oxygen atoms in total. The van der Waals surface area contributed by atoms with E-state index in [9.17, 15) is 23.9 Å². The fraction of sp³-hybridized carbons (Fsp3) is 0.414. The number of nitrogens with zero attached hydrogens (tertiary/aromatic N) is 1. The first-order valence-electron chi connectivity index (χ1n) is 12.6. The number of esters is 1. The number of benzene rings is 2. The first kappa shape index (κ1) is 28.1. The summed E-state index contributed by atoms with van der Waals surface area (Å²) in [7, 11) is 0. The molecule has 0 saturated carbocycles. The standard InChI is InChI=1S/C29H35FN2O5/c1-21-20-37-29(36)25(17-22-11-13-26(30)14-12-22)10-6-5-9-24(28(35)31-21)18-27(34)32(15-16-33)19-23-7-3-2-4-8-23/h2-8,11-14,21,24-25,33H,9-10,15-20H2,1H3,(H,31,35)/b6-5-/t21-,24+,25-/m1/s1. The predicted octanol–water partition coefficient (Wildman–Crippen LogP) is 3.41. The summed E-state index contributed by atoms with van der Waals surface area (Å²) in [6.45, 7) is 2.11. The number of aliphatic hydroxyl groups excluding tert-OH is 1. The van der Waals surface area contributed by atoms with Gasteiger partial charge in [-0.25, -0.2) is 4.39 Å². The highest BCUT2D eigenvalue weighted by Gasteiger charge is 2.27. The van der Waals surface area contributed by atoms with Crippen LogP contribution in [0, 0.1) is 17.7 Å². The van der Waals surface area contributed by atoms with Crippen LogP contribution < -0.4 is 5.32 Å². The molecule has 2 aromatic rings. The number of aliphatic hydroxyl groups is 1. The molecule has 198 valence electrons. The molecule has 3 rings (SSSR count). The zero-order valence-electron chi connectivity index (χ0n) is 21.1. The predicted molar refractivity (Wildman–Crippen MR) is 138 cm³/mol.